The first kappa shape index (κ1) is 34.2. The fourth-order valence-electron chi connectivity index (χ4n) is 10.2. The van der Waals surface area contributed by atoms with Gasteiger partial charge in [0.1, 0.15) is 12.7 Å². The van der Waals surface area contributed by atoms with Crippen LogP contribution in [0.1, 0.15) is 86.5 Å². The number of hydrogen-bond donors (Lipinski definition) is 1. The first-order chi connectivity index (χ1) is 21.0. The maximum absolute atomic E-state index is 14.3. The van der Waals surface area contributed by atoms with Crippen molar-refractivity contribution in [3.8, 4) is 6.07 Å². The number of allylic oxidation sites excluding steroid dienone is 4. The number of ketones is 2. The van der Waals surface area contributed by atoms with Gasteiger partial charge in [0.05, 0.1) is 11.0 Å². The molecule has 0 aliphatic heterocycles. The molecule has 252 valence electrons. The number of fused-ring (bicyclic) bond motifs is 7. The van der Waals surface area contributed by atoms with Gasteiger partial charge in [-0.25, -0.2) is 0 Å². The molecule has 0 bridgehead atoms. The maximum atomic E-state index is 14.3. The van der Waals surface area contributed by atoms with Crippen LogP contribution in [0.3, 0.4) is 0 Å². The standard InChI is InChI=1S/C34H41F5N2O5/c1-18(42)46-17-31(6)23-8-9-29(4)20-7-10-32(41-27(45)33(35,36)34(37,38)39)12-11-28(2,3)15-21(32)25(20)22(43)13-24(29)30(23,5)14-19(16-40)26(31)44/h13-14,20-21,23,25H,7-12,15,17H2,1-6H3,(H,41,45)/t20?,21?,23-,25?,29+,30+,31+,32-/m1/s1. The predicted octanol–water partition coefficient (Wildman–Crippen LogP) is 6.43. The zero-order valence-corrected chi connectivity index (χ0v) is 27.0. The molecule has 3 saturated carbocycles. The molecule has 1 N–H and O–H groups in total. The van der Waals surface area contributed by atoms with E-state index in [4.69, 9.17) is 4.74 Å². The lowest BCUT2D eigenvalue weighted by molar-refractivity contribution is -0.271. The first-order valence-corrected chi connectivity index (χ1v) is 15.8. The molecule has 0 saturated heterocycles. The van der Waals surface area contributed by atoms with Gasteiger partial charge in [0.25, 0.3) is 0 Å². The Hall–Kier alpha value is -3.10. The number of amides is 1. The van der Waals surface area contributed by atoms with E-state index in [-0.39, 0.29) is 42.1 Å². The SMILES string of the molecule is CC(=O)OC[C@]1(C)C(=O)C(C#N)=C[C@]2(C)C3=CC(=O)C4C5CC(C)(C)CC[C@]5(NC(=O)C(F)(F)C(F)(F)F)CCC4[C@]3(C)CC[C@H]21. The van der Waals surface area contributed by atoms with Gasteiger partial charge in [0, 0.05) is 23.8 Å². The van der Waals surface area contributed by atoms with Crippen molar-refractivity contribution in [2.75, 3.05) is 6.61 Å². The number of esters is 1. The minimum Gasteiger partial charge on any atom is -0.465 e. The third kappa shape index (κ3) is 4.85. The van der Waals surface area contributed by atoms with Gasteiger partial charge >= 0.3 is 24.0 Å². The summed E-state index contributed by atoms with van der Waals surface area (Å²) < 4.78 is 73.4. The Morgan fingerprint density at radius 2 is 1.65 bits per heavy atom. The van der Waals surface area contributed by atoms with E-state index in [1.165, 1.54) is 6.92 Å². The Labute approximate surface area is 265 Å². The van der Waals surface area contributed by atoms with Crippen molar-refractivity contribution in [1.29, 1.82) is 5.26 Å². The number of carbonyl (C=O) groups excluding carboxylic acids is 4. The molecule has 8 atom stereocenters. The normalized spacial score (nSPS) is 40.1. The quantitative estimate of drug-likeness (QED) is 0.277. The van der Waals surface area contributed by atoms with E-state index in [9.17, 15) is 46.4 Å². The fourth-order valence-corrected chi connectivity index (χ4v) is 10.2. The highest BCUT2D eigenvalue weighted by atomic mass is 19.4. The van der Waals surface area contributed by atoms with Crippen LogP contribution in [0.5, 0.6) is 0 Å². The van der Waals surface area contributed by atoms with E-state index in [0.29, 0.717) is 32.1 Å². The molecule has 46 heavy (non-hydrogen) atoms. The molecule has 0 spiro atoms. The van der Waals surface area contributed by atoms with E-state index < -0.39 is 69.3 Å². The van der Waals surface area contributed by atoms with E-state index in [0.717, 1.165) is 5.57 Å². The topological polar surface area (TPSA) is 113 Å². The summed E-state index contributed by atoms with van der Waals surface area (Å²) in [6, 6.07) is 2.00. The van der Waals surface area contributed by atoms with Crippen LogP contribution in [0.2, 0.25) is 0 Å². The van der Waals surface area contributed by atoms with Crippen LogP contribution in [-0.4, -0.2) is 47.7 Å². The number of ether oxygens (including phenoxy) is 1. The van der Waals surface area contributed by atoms with Crippen molar-refractivity contribution >= 4 is 23.4 Å². The van der Waals surface area contributed by atoms with Crippen LogP contribution in [0.25, 0.3) is 0 Å². The van der Waals surface area contributed by atoms with Gasteiger partial charge in [-0.1, -0.05) is 39.3 Å². The predicted molar refractivity (Wildman–Crippen MR) is 155 cm³/mol. The largest absolute Gasteiger partial charge is 0.465 e. The highest BCUT2D eigenvalue weighted by Gasteiger charge is 2.69. The number of nitrogens with one attached hydrogen (secondary N) is 1. The Kier molecular flexibility index (Phi) is 7.78. The lowest BCUT2D eigenvalue weighted by atomic mass is 9.39. The van der Waals surface area contributed by atoms with Crippen molar-refractivity contribution in [1.82, 2.24) is 5.32 Å². The summed E-state index contributed by atoms with van der Waals surface area (Å²) in [7, 11) is 0. The fraction of sp³-hybridized carbons (Fsp3) is 0.735. The van der Waals surface area contributed by atoms with Crippen LogP contribution in [0, 0.1) is 56.7 Å². The number of nitrogens with zero attached hydrogens (tertiary/aromatic N) is 1. The lowest BCUT2D eigenvalue weighted by Crippen LogP contribution is -2.68. The van der Waals surface area contributed by atoms with Crippen LogP contribution in [0.4, 0.5) is 22.0 Å². The second-order valence-corrected chi connectivity index (χ2v) is 15.8. The molecule has 7 nitrogen and oxygen atoms in total. The Morgan fingerprint density at radius 3 is 2.24 bits per heavy atom. The molecular weight excluding hydrogens is 611 g/mol. The summed E-state index contributed by atoms with van der Waals surface area (Å²) in [6.45, 7) is 10.5. The van der Waals surface area contributed by atoms with Gasteiger partial charge in [-0.2, -0.15) is 27.2 Å². The lowest BCUT2D eigenvalue weighted by Gasteiger charge is -2.65. The van der Waals surface area contributed by atoms with Crippen LogP contribution in [0.15, 0.2) is 23.3 Å². The smallest absolute Gasteiger partial charge is 0.463 e. The molecule has 0 aromatic carbocycles. The molecule has 3 fully saturated rings. The molecule has 5 rings (SSSR count). The zero-order valence-electron chi connectivity index (χ0n) is 27.0. The highest BCUT2D eigenvalue weighted by Crippen LogP contribution is 2.69. The number of alkyl halides is 5. The second kappa shape index (κ2) is 10.4. The molecule has 1 amide bonds. The summed E-state index contributed by atoms with van der Waals surface area (Å²) in [5.41, 5.74) is -3.91. The number of nitriles is 1. The van der Waals surface area contributed by atoms with Crippen LogP contribution >= 0.6 is 0 Å². The summed E-state index contributed by atoms with van der Waals surface area (Å²) >= 11 is 0. The molecular formula is C34H41F5N2O5. The van der Waals surface area contributed by atoms with E-state index in [1.54, 1.807) is 19.1 Å². The van der Waals surface area contributed by atoms with Gasteiger partial charge in [-0.05, 0) is 86.5 Å². The van der Waals surface area contributed by atoms with Crippen molar-refractivity contribution in [2.24, 2.45) is 45.3 Å². The molecule has 0 aromatic rings. The molecule has 12 heteroatoms. The van der Waals surface area contributed by atoms with Crippen molar-refractivity contribution in [3.05, 3.63) is 23.3 Å². The van der Waals surface area contributed by atoms with E-state index >= 15 is 0 Å². The Morgan fingerprint density at radius 1 is 1.00 bits per heavy atom. The number of halogens is 5. The second-order valence-electron chi connectivity index (χ2n) is 15.8. The Balaban J connectivity index is 1.60. The van der Waals surface area contributed by atoms with Gasteiger partial charge in [0.2, 0.25) is 0 Å². The minimum absolute atomic E-state index is 0.0851. The van der Waals surface area contributed by atoms with Gasteiger partial charge in [-0.15, -0.1) is 0 Å². The summed E-state index contributed by atoms with van der Waals surface area (Å²) in [5, 5.41) is 12.1. The van der Waals surface area contributed by atoms with Crippen molar-refractivity contribution in [2.45, 2.75) is 104 Å². The van der Waals surface area contributed by atoms with Crippen LogP contribution in [-0.2, 0) is 23.9 Å². The molecule has 5 aliphatic rings. The first-order valence-electron chi connectivity index (χ1n) is 15.8. The molecule has 5 aliphatic carbocycles. The minimum atomic E-state index is -6.06. The van der Waals surface area contributed by atoms with E-state index in [1.807, 2.05) is 33.8 Å². The third-order valence-corrected chi connectivity index (χ3v) is 12.5. The van der Waals surface area contributed by atoms with Gasteiger partial charge in [0.15, 0.2) is 11.6 Å². The maximum Gasteiger partial charge on any atom is 0.463 e. The third-order valence-electron chi connectivity index (χ3n) is 12.5. The van der Waals surface area contributed by atoms with Crippen LogP contribution < -0.4 is 5.32 Å². The number of Topliss-reactive ketones (excluding diaryl/α,β-unsaturated/α-hetero) is 1. The number of carbonyl (C=O) groups is 4. The monoisotopic (exact) mass is 652 g/mol. The molecule has 3 unspecified atom stereocenters. The average molecular weight is 653 g/mol. The highest BCUT2D eigenvalue weighted by molar-refractivity contribution is 6.05. The molecule has 0 aromatic heterocycles. The summed E-state index contributed by atoms with van der Waals surface area (Å²) in [6.07, 6.45) is -0.428. The summed E-state index contributed by atoms with van der Waals surface area (Å²) in [4.78, 5) is 52.3. The van der Waals surface area contributed by atoms with E-state index in [2.05, 4.69) is 5.32 Å². The summed E-state index contributed by atoms with van der Waals surface area (Å²) in [5.74, 6) is -11.4. The van der Waals surface area contributed by atoms with Crippen molar-refractivity contribution in [3.63, 3.8) is 0 Å². The van der Waals surface area contributed by atoms with Crippen molar-refractivity contribution < 1.29 is 45.9 Å². The Bertz CT molecular complexity index is 1490. The van der Waals surface area contributed by atoms with Gasteiger partial charge < -0.3 is 10.1 Å². The molecule has 0 radical (unpaired) electrons. The number of hydrogen-bond acceptors (Lipinski definition) is 6. The van der Waals surface area contributed by atoms with Gasteiger partial charge in [-0.3, -0.25) is 19.2 Å². The molecule has 0 heterocycles. The number of rotatable bonds is 4. The zero-order chi connectivity index (χ0) is 34.5. The average Bonchev–Trinajstić information content (AvgIpc) is 2.94.